The normalized spacial score (nSPS) is 37.0. The summed E-state index contributed by atoms with van der Waals surface area (Å²) in [6.07, 6.45) is 32.0. The predicted molar refractivity (Wildman–Crippen MR) is 259 cm³/mol. The fourth-order valence-corrected chi connectivity index (χ4v) is 10.9. The molecule has 4 heterocycles. The monoisotopic (exact) mass is 950 g/mol. The van der Waals surface area contributed by atoms with Crippen LogP contribution >= 0.6 is 0 Å². The van der Waals surface area contributed by atoms with Crippen molar-refractivity contribution >= 4 is 58.1 Å². The standard InChI is InChI=1S/2C27H32N2O5.Mg/c2*1-16-11-12-19-18-8-3-2-4-10-23(32)28-14-13-22(31)25-26(33)24(27(34)29-25)21(30)9-6-5-7-17(18)15-20(16)19;/h2-5,7,10-12,17-20,22,27,31,33-34H,1,6,8-9,13-15H2,(H,28,32);2-5,7,10-12,17-20,22,25,31,33H,1,6,8-9,13-15H2,(H,28,32)(H,29,34);/q;;+2/p-2/b2*3-2-,7-5-,10-4-;/t17-,18+,19-,20-,22?,27?;17-,18+,19-,20-,22?,25?;/m11./s1. The van der Waals surface area contributed by atoms with Crippen molar-refractivity contribution in [2.45, 2.75) is 88.7 Å². The van der Waals surface area contributed by atoms with Crippen LogP contribution in [0.2, 0.25) is 0 Å². The van der Waals surface area contributed by atoms with E-state index in [1.54, 1.807) is 12.2 Å². The second-order valence-electron chi connectivity index (χ2n) is 18.8. The number of fused-ring (bicyclic) bond motifs is 8. The van der Waals surface area contributed by atoms with Gasteiger partial charge in [0.05, 0.1) is 29.5 Å². The molecule has 3 amide bonds. The van der Waals surface area contributed by atoms with E-state index < -0.39 is 59.0 Å². The van der Waals surface area contributed by atoms with Gasteiger partial charge < -0.3 is 41.5 Å². The predicted octanol–water partition coefficient (Wildman–Crippen LogP) is 2.66. The minimum absolute atomic E-state index is 0. The number of amides is 3. The molecule has 0 saturated heterocycles. The Morgan fingerprint density at radius 1 is 0.652 bits per heavy atom. The van der Waals surface area contributed by atoms with Crippen LogP contribution in [-0.2, 0) is 24.0 Å². The summed E-state index contributed by atoms with van der Waals surface area (Å²) in [5, 5.41) is 63.8. The van der Waals surface area contributed by atoms with Crippen LogP contribution in [0.25, 0.3) is 0 Å². The SMILES string of the molecule is C=C1C=C[C@@H]2[C@H]3C/C=C\C=C/C(=O)NCCC(O)C4=NC(O)C(=C4[O-])C(=O)CC/C=C\[C@@H]3C[C@H]12.C=C1C=C[C@@H]2[C@H]3C/C=C\C=C/C(=O)NCCC(O)C4NC(=O)C(=C4[O-])C(=O)CC/C=C\[C@@H]3C[C@H]12.[Mg+2]. The zero-order valence-electron chi connectivity index (χ0n) is 38.9. The topological polar surface area (TPSA) is 241 Å². The summed E-state index contributed by atoms with van der Waals surface area (Å²) in [6, 6.07) is -1.16. The number of aliphatic imine (C=N–C) groups is 1. The zero-order valence-corrected chi connectivity index (χ0v) is 40.3. The van der Waals surface area contributed by atoms with E-state index in [1.807, 2.05) is 24.3 Å². The summed E-state index contributed by atoms with van der Waals surface area (Å²) in [5.74, 6) is -0.523. The fourth-order valence-electron chi connectivity index (χ4n) is 10.9. The van der Waals surface area contributed by atoms with Gasteiger partial charge in [0.15, 0.2) is 17.8 Å². The second-order valence-corrected chi connectivity index (χ2v) is 18.8. The van der Waals surface area contributed by atoms with Gasteiger partial charge in [-0.1, -0.05) is 121 Å². The Kier molecular flexibility index (Phi) is 18.7. The number of nitrogens with zero attached hydrogens (tertiary/aromatic N) is 1. The number of hydrogen-bond acceptors (Lipinski definition) is 11. The zero-order chi connectivity index (χ0) is 48.5. The maximum absolute atomic E-state index is 12.6. The Hall–Kier alpha value is -5.45. The first-order valence-electron chi connectivity index (χ1n) is 23.8. The molecular formula is C54H62MgN4O10. The quantitative estimate of drug-likeness (QED) is 0.118. The summed E-state index contributed by atoms with van der Waals surface area (Å²) in [6.45, 7) is 8.63. The molecule has 0 radical (unpaired) electrons. The first-order chi connectivity index (χ1) is 32.7. The van der Waals surface area contributed by atoms with E-state index in [-0.39, 0.29) is 84.9 Å². The largest absolute Gasteiger partial charge is 2.00 e. The molecule has 0 aromatic rings. The van der Waals surface area contributed by atoms with Gasteiger partial charge in [-0.15, -0.1) is 0 Å². The van der Waals surface area contributed by atoms with Gasteiger partial charge in [-0.3, -0.25) is 29.0 Å². The summed E-state index contributed by atoms with van der Waals surface area (Å²) in [5.41, 5.74) is 1.41. The van der Waals surface area contributed by atoms with E-state index in [4.69, 9.17) is 0 Å². The van der Waals surface area contributed by atoms with Crippen LogP contribution in [0, 0.1) is 47.3 Å². The third-order valence-electron chi connectivity index (χ3n) is 14.5. The van der Waals surface area contributed by atoms with Gasteiger partial charge in [0.1, 0.15) is 0 Å². The van der Waals surface area contributed by atoms with Crippen molar-refractivity contribution < 1.29 is 49.5 Å². The Morgan fingerprint density at radius 2 is 1.17 bits per heavy atom. The maximum Gasteiger partial charge on any atom is 2.00 e. The van der Waals surface area contributed by atoms with Crippen molar-refractivity contribution in [3.63, 3.8) is 0 Å². The molecule has 4 bridgehead atoms. The molecule has 4 aliphatic heterocycles. The number of rotatable bonds is 0. The van der Waals surface area contributed by atoms with Gasteiger partial charge in [0.25, 0.3) is 5.91 Å². The average Bonchev–Trinajstić information content (AvgIpc) is 4.14. The molecule has 0 spiro atoms. The molecule has 2 saturated carbocycles. The molecule has 2 fully saturated rings. The van der Waals surface area contributed by atoms with Crippen molar-refractivity contribution in [1.29, 1.82) is 0 Å². The van der Waals surface area contributed by atoms with E-state index in [2.05, 4.69) is 82.7 Å². The molecule has 8 aliphatic rings. The summed E-state index contributed by atoms with van der Waals surface area (Å²) < 4.78 is 0. The van der Waals surface area contributed by atoms with Crippen molar-refractivity contribution in [3.8, 4) is 0 Å². The van der Waals surface area contributed by atoms with Crippen LogP contribution in [0.4, 0.5) is 0 Å². The van der Waals surface area contributed by atoms with Crippen molar-refractivity contribution in [2.24, 2.45) is 52.3 Å². The van der Waals surface area contributed by atoms with E-state index in [0.29, 0.717) is 60.2 Å². The van der Waals surface area contributed by atoms with Gasteiger partial charge >= 0.3 is 23.1 Å². The number of nitrogens with one attached hydrogen (secondary N) is 3. The maximum atomic E-state index is 12.6. The Bertz CT molecular complexity index is 2380. The molecule has 4 aliphatic carbocycles. The first kappa shape index (κ1) is 52.9. The number of hydrogen-bond donors (Lipinski definition) is 6. The summed E-state index contributed by atoms with van der Waals surface area (Å²) in [7, 11) is 0. The number of Topliss-reactive ketones (excluding diaryl/α,β-unsaturated/α-hetero) is 2. The Morgan fingerprint density at radius 3 is 1.72 bits per heavy atom. The third-order valence-corrected chi connectivity index (χ3v) is 14.5. The minimum atomic E-state index is -1.55. The number of carbonyl (C=O) groups is 5. The van der Waals surface area contributed by atoms with Gasteiger partial charge in [-0.25, -0.2) is 0 Å². The molecule has 69 heavy (non-hydrogen) atoms. The molecule has 4 unspecified atom stereocenters. The number of allylic oxidation sites excluding steroid dienone is 16. The number of ketones is 2. The fraction of sp³-hybridized carbons (Fsp3) is 0.444. The number of aliphatic hydroxyl groups excluding tert-OH is 3. The molecule has 0 aromatic carbocycles. The van der Waals surface area contributed by atoms with Gasteiger partial charge in [-0.05, 0) is 98.7 Å². The molecule has 8 rings (SSSR count). The molecule has 360 valence electrons. The molecule has 15 heteroatoms. The molecule has 0 aromatic heterocycles. The molecule has 14 nitrogen and oxygen atoms in total. The van der Waals surface area contributed by atoms with Crippen molar-refractivity contribution in [2.75, 3.05) is 13.1 Å². The van der Waals surface area contributed by atoms with Gasteiger partial charge in [0.2, 0.25) is 11.8 Å². The van der Waals surface area contributed by atoms with Crippen LogP contribution < -0.4 is 26.2 Å². The van der Waals surface area contributed by atoms with E-state index in [0.717, 1.165) is 36.8 Å². The molecular weight excluding hydrogens is 889 g/mol. The third kappa shape index (κ3) is 12.7. The van der Waals surface area contributed by atoms with E-state index >= 15 is 0 Å². The Labute approximate surface area is 419 Å². The summed E-state index contributed by atoms with van der Waals surface area (Å²) >= 11 is 0. The molecule has 12 atom stereocenters. The Balaban J connectivity index is 0.000000224. The number of aliphatic hydroxyl groups is 3. The molecule has 6 N–H and O–H groups in total. The van der Waals surface area contributed by atoms with Crippen LogP contribution in [-0.4, -0.2) is 111 Å². The second kappa shape index (κ2) is 24.4. The van der Waals surface area contributed by atoms with Gasteiger partial charge in [0, 0.05) is 43.7 Å². The van der Waals surface area contributed by atoms with Crippen LogP contribution in [0.5, 0.6) is 0 Å². The number of carbonyl (C=O) groups excluding carboxylic acids is 5. The van der Waals surface area contributed by atoms with Gasteiger partial charge in [-0.2, -0.15) is 0 Å². The first-order valence-corrected chi connectivity index (χ1v) is 23.8. The van der Waals surface area contributed by atoms with E-state index in [1.165, 1.54) is 12.2 Å². The van der Waals surface area contributed by atoms with Crippen molar-refractivity contribution in [1.82, 2.24) is 16.0 Å². The minimum Gasteiger partial charge on any atom is -0.873 e. The van der Waals surface area contributed by atoms with Crippen molar-refractivity contribution in [3.05, 3.63) is 144 Å². The average molecular weight is 951 g/mol. The smallest absolute Gasteiger partial charge is 0.873 e. The summed E-state index contributed by atoms with van der Waals surface area (Å²) in [4.78, 5) is 65.4. The van der Waals surface area contributed by atoms with E-state index in [9.17, 15) is 49.5 Å². The van der Waals surface area contributed by atoms with Crippen LogP contribution in [0.1, 0.15) is 64.2 Å². The van der Waals surface area contributed by atoms with Crippen LogP contribution in [0.3, 0.4) is 0 Å². The van der Waals surface area contributed by atoms with Crippen LogP contribution in [0.15, 0.2) is 149 Å².